The van der Waals surface area contributed by atoms with Gasteiger partial charge in [-0.25, -0.2) is 4.98 Å². The van der Waals surface area contributed by atoms with Crippen molar-refractivity contribution in [1.82, 2.24) is 9.97 Å². The number of halogens is 1. The van der Waals surface area contributed by atoms with Gasteiger partial charge in [0, 0.05) is 22.9 Å². The maximum absolute atomic E-state index is 14.1. The predicted octanol–water partition coefficient (Wildman–Crippen LogP) is 4.11. The van der Waals surface area contributed by atoms with E-state index >= 15 is 0 Å². The molecule has 0 amide bonds. The lowest BCUT2D eigenvalue weighted by Gasteiger charge is -2.35. The fourth-order valence-electron chi connectivity index (χ4n) is 4.54. The SMILES string of the molecule is CCC(C)(CC1OC(c2cc3c(C)c(C)c(F)nc3[nH]c2=S)C(O)C1O)OP(=O)(O)C1(CC)CO1. The minimum atomic E-state index is -4.12. The number of aryl methyl sites for hydroxylation is 1. The van der Waals surface area contributed by atoms with Gasteiger partial charge in [0.05, 0.1) is 18.3 Å². The van der Waals surface area contributed by atoms with Gasteiger partial charge in [-0.3, -0.25) is 4.57 Å². The van der Waals surface area contributed by atoms with Crippen LogP contribution < -0.4 is 0 Å². The van der Waals surface area contributed by atoms with Gasteiger partial charge >= 0.3 is 7.60 Å². The fraction of sp³-hybridized carbons (Fsp3) is 0.652. The number of aliphatic hydroxyl groups is 2. The van der Waals surface area contributed by atoms with Gasteiger partial charge in [0.25, 0.3) is 0 Å². The summed E-state index contributed by atoms with van der Waals surface area (Å²) in [6, 6.07) is 1.69. The lowest BCUT2D eigenvalue weighted by atomic mass is 9.92. The Kier molecular flexibility index (Phi) is 7.05. The Hall–Kier alpha value is -1.30. The molecule has 4 N–H and O–H groups in total. The van der Waals surface area contributed by atoms with Crippen molar-refractivity contribution in [2.75, 3.05) is 6.61 Å². The number of aromatic amines is 1. The third-order valence-electron chi connectivity index (χ3n) is 7.47. The minimum absolute atomic E-state index is 0.0531. The van der Waals surface area contributed by atoms with Gasteiger partial charge in [-0.05, 0) is 45.2 Å². The summed E-state index contributed by atoms with van der Waals surface area (Å²) in [5, 5.41) is 21.1. The first kappa shape index (κ1) is 26.8. The first-order valence-corrected chi connectivity index (χ1v) is 13.7. The molecule has 2 saturated heterocycles. The van der Waals surface area contributed by atoms with Crippen molar-refractivity contribution in [3.63, 3.8) is 0 Å². The zero-order valence-electron chi connectivity index (χ0n) is 20.4. The number of rotatable bonds is 8. The first-order valence-electron chi connectivity index (χ1n) is 11.7. The fourth-order valence-corrected chi connectivity index (χ4v) is 6.57. The highest BCUT2D eigenvalue weighted by molar-refractivity contribution is 7.71. The van der Waals surface area contributed by atoms with Gasteiger partial charge in [0.1, 0.15) is 28.6 Å². The molecule has 0 aliphatic carbocycles. The molecule has 0 aromatic carbocycles. The van der Waals surface area contributed by atoms with E-state index in [9.17, 15) is 24.1 Å². The topological polar surface area (TPSA) is 137 Å². The van der Waals surface area contributed by atoms with Crippen LogP contribution in [0.2, 0.25) is 0 Å². The number of H-pyrrole nitrogens is 1. The monoisotopic (exact) mass is 530 g/mol. The standard InChI is InChI=1S/C23H32FN2O7PS/c1-6-22(5,33-34(29,30)23(7-2)10-31-23)9-15-16(27)17(28)18(32-15)14-8-13-11(3)12(4)19(24)25-20(13)26-21(14)35/h8,15-18,27-28H,6-7,9-10H2,1-5H3,(H,29,30)(H,25,26,35). The van der Waals surface area contributed by atoms with Crippen molar-refractivity contribution in [1.29, 1.82) is 0 Å². The van der Waals surface area contributed by atoms with Gasteiger partial charge < -0.3 is 34.1 Å². The van der Waals surface area contributed by atoms with Crippen LogP contribution in [0.5, 0.6) is 0 Å². The summed E-state index contributed by atoms with van der Waals surface area (Å²) in [6.07, 6.45) is -3.71. The number of nitrogens with one attached hydrogen (secondary N) is 1. The zero-order chi connectivity index (χ0) is 25.9. The van der Waals surface area contributed by atoms with Crippen molar-refractivity contribution in [2.45, 2.75) is 89.2 Å². The Bertz CT molecular complexity index is 1250. The summed E-state index contributed by atoms with van der Waals surface area (Å²) in [4.78, 5) is 17.4. The second-order valence-corrected chi connectivity index (χ2v) is 12.2. The van der Waals surface area contributed by atoms with Crippen LogP contribution in [0.15, 0.2) is 6.07 Å². The van der Waals surface area contributed by atoms with Crippen molar-refractivity contribution in [2.24, 2.45) is 0 Å². The maximum atomic E-state index is 14.1. The molecule has 194 valence electrons. The van der Waals surface area contributed by atoms with E-state index in [1.54, 1.807) is 40.7 Å². The summed E-state index contributed by atoms with van der Waals surface area (Å²) in [5.41, 5.74) is 0.651. The van der Waals surface area contributed by atoms with Crippen LogP contribution in [0.1, 0.15) is 62.8 Å². The summed E-state index contributed by atoms with van der Waals surface area (Å²) < 4.78 is 44.3. The van der Waals surface area contributed by atoms with Crippen LogP contribution in [0.25, 0.3) is 11.0 Å². The Morgan fingerprint density at radius 1 is 1.34 bits per heavy atom. The quantitative estimate of drug-likeness (QED) is 0.172. The predicted molar refractivity (Wildman–Crippen MR) is 129 cm³/mol. The number of aliphatic hydroxyl groups excluding tert-OH is 2. The number of aromatic nitrogens is 2. The third kappa shape index (κ3) is 4.62. The Labute approximate surface area is 208 Å². The number of hydrogen-bond donors (Lipinski definition) is 4. The third-order valence-corrected chi connectivity index (χ3v) is 10.1. The van der Waals surface area contributed by atoms with Crippen molar-refractivity contribution >= 4 is 30.8 Å². The van der Waals surface area contributed by atoms with Gasteiger partial charge in [0.15, 0.2) is 5.34 Å². The molecule has 4 heterocycles. The number of hydrogen-bond acceptors (Lipinski definition) is 8. The molecule has 4 rings (SSSR count). The first-order chi connectivity index (χ1) is 16.3. The van der Waals surface area contributed by atoms with E-state index in [1.807, 2.05) is 0 Å². The summed E-state index contributed by atoms with van der Waals surface area (Å²) in [5.74, 6) is -0.595. The van der Waals surface area contributed by atoms with E-state index in [2.05, 4.69) is 9.97 Å². The molecule has 12 heteroatoms. The normalized spacial score (nSPS) is 31.9. The maximum Gasteiger partial charge on any atom is 0.362 e. The van der Waals surface area contributed by atoms with Crippen molar-refractivity contribution in [3.8, 4) is 0 Å². The van der Waals surface area contributed by atoms with Gasteiger partial charge in [0.2, 0.25) is 5.95 Å². The van der Waals surface area contributed by atoms with E-state index in [1.165, 1.54) is 0 Å². The molecule has 7 atom stereocenters. The van der Waals surface area contributed by atoms with Gasteiger partial charge in [-0.1, -0.05) is 26.1 Å². The van der Waals surface area contributed by atoms with E-state index in [4.69, 9.17) is 26.2 Å². The number of nitrogens with zero attached hydrogens (tertiary/aromatic N) is 1. The van der Waals surface area contributed by atoms with Crippen LogP contribution in [-0.2, 0) is 18.6 Å². The number of pyridine rings is 2. The average molecular weight is 531 g/mol. The Balaban J connectivity index is 1.61. The van der Waals surface area contributed by atoms with Crippen LogP contribution in [-0.4, -0.2) is 60.9 Å². The molecular weight excluding hydrogens is 498 g/mol. The number of ether oxygens (including phenoxy) is 2. The second kappa shape index (κ2) is 9.22. The molecule has 2 aromatic rings. The van der Waals surface area contributed by atoms with Gasteiger partial charge in [-0.2, -0.15) is 4.39 Å². The Morgan fingerprint density at radius 2 is 2.00 bits per heavy atom. The minimum Gasteiger partial charge on any atom is -0.388 e. The Morgan fingerprint density at radius 3 is 2.57 bits per heavy atom. The summed E-state index contributed by atoms with van der Waals surface area (Å²) >= 11 is 5.43. The molecule has 9 nitrogen and oxygen atoms in total. The zero-order valence-corrected chi connectivity index (χ0v) is 22.1. The molecule has 2 aromatic heterocycles. The molecular formula is C23H32FN2O7PS. The van der Waals surface area contributed by atoms with Crippen LogP contribution in [0.4, 0.5) is 4.39 Å². The number of epoxide rings is 1. The lowest BCUT2D eigenvalue weighted by molar-refractivity contribution is -0.0484. The molecule has 2 fully saturated rings. The molecule has 2 aliphatic heterocycles. The number of fused-ring (bicyclic) bond motifs is 1. The summed E-state index contributed by atoms with van der Waals surface area (Å²) in [6.45, 7) is 8.77. The van der Waals surface area contributed by atoms with Gasteiger partial charge in [-0.15, -0.1) is 0 Å². The smallest absolute Gasteiger partial charge is 0.362 e. The molecule has 0 spiro atoms. The second-order valence-electron chi connectivity index (χ2n) is 9.75. The average Bonchev–Trinajstić information content (AvgIpc) is 3.57. The van der Waals surface area contributed by atoms with E-state index in [-0.39, 0.29) is 23.3 Å². The van der Waals surface area contributed by atoms with E-state index < -0.39 is 48.9 Å². The highest BCUT2D eigenvalue weighted by Gasteiger charge is 2.61. The molecule has 2 aliphatic rings. The van der Waals surface area contributed by atoms with E-state index in [0.29, 0.717) is 34.9 Å². The lowest BCUT2D eigenvalue weighted by Crippen LogP contribution is -2.39. The molecule has 35 heavy (non-hydrogen) atoms. The van der Waals surface area contributed by atoms with Crippen LogP contribution in [0.3, 0.4) is 0 Å². The molecule has 0 saturated carbocycles. The molecule has 7 unspecified atom stereocenters. The molecule has 0 radical (unpaired) electrons. The van der Waals surface area contributed by atoms with Crippen LogP contribution >= 0.6 is 19.8 Å². The van der Waals surface area contributed by atoms with Crippen molar-refractivity contribution < 1.29 is 38.1 Å². The van der Waals surface area contributed by atoms with Crippen molar-refractivity contribution in [3.05, 3.63) is 33.3 Å². The highest BCUT2D eigenvalue weighted by Crippen LogP contribution is 2.66. The largest absolute Gasteiger partial charge is 0.388 e. The van der Waals surface area contributed by atoms with E-state index in [0.717, 1.165) is 0 Å². The molecule has 0 bridgehead atoms. The summed E-state index contributed by atoms with van der Waals surface area (Å²) in [7, 11) is -4.12. The highest BCUT2D eigenvalue weighted by atomic mass is 32.1. The van der Waals surface area contributed by atoms with Crippen LogP contribution in [0, 0.1) is 24.4 Å².